The van der Waals surface area contributed by atoms with Gasteiger partial charge in [0.15, 0.2) is 0 Å². The van der Waals surface area contributed by atoms with Crippen molar-refractivity contribution in [2.24, 2.45) is 0 Å². The Morgan fingerprint density at radius 1 is 1.23 bits per heavy atom. The average molecular weight is 369 g/mol. The van der Waals surface area contributed by atoms with Crippen LogP contribution in [0.2, 0.25) is 0 Å². The molecule has 3 aromatic rings. The third kappa shape index (κ3) is 2.87. The van der Waals surface area contributed by atoms with Gasteiger partial charge in [0.1, 0.15) is 9.71 Å². The number of thiophene rings is 1. The number of fused-ring (bicyclic) bond motifs is 1. The minimum atomic E-state index is -0.0705. The molecule has 0 radical (unpaired) electrons. The highest BCUT2D eigenvalue weighted by Gasteiger charge is 2.26. The zero-order valence-electron chi connectivity index (χ0n) is 14.4. The first-order valence-corrected chi connectivity index (χ1v) is 9.21. The molecular weight excluding hydrogens is 350 g/mol. The fraction of sp³-hybridized carbons (Fsp3) is 0.278. The summed E-state index contributed by atoms with van der Waals surface area (Å²) < 4.78 is 5.33. The molecule has 1 aromatic carbocycles. The smallest absolute Gasteiger partial charge is 0.266 e. The molecule has 1 saturated heterocycles. The molecule has 0 atom stereocenters. The summed E-state index contributed by atoms with van der Waals surface area (Å²) in [6, 6.07) is 9.80. The van der Waals surface area contributed by atoms with E-state index in [0.717, 1.165) is 16.6 Å². The number of aromatic nitrogens is 2. The van der Waals surface area contributed by atoms with Crippen molar-refractivity contribution >= 4 is 39.1 Å². The van der Waals surface area contributed by atoms with E-state index < -0.39 is 0 Å². The minimum absolute atomic E-state index is 0.0705. The van der Waals surface area contributed by atoms with Crippen molar-refractivity contribution in [3.05, 3.63) is 35.2 Å². The molecule has 1 fully saturated rings. The highest BCUT2D eigenvalue weighted by Crippen LogP contribution is 2.39. The third-order valence-electron chi connectivity index (χ3n) is 4.35. The lowest BCUT2D eigenvalue weighted by atomic mass is 10.1. The number of amides is 1. The van der Waals surface area contributed by atoms with Gasteiger partial charge in [-0.3, -0.25) is 4.79 Å². The lowest BCUT2D eigenvalue weighted by Gasteiger charge is -2.26. The van der Waals surface area contributed by atoms with Crippen LogP contribution >= 0.6 is 11.3 Å². The summed E-state index contributed by atoms with van der Waals surface area (Å²) in [7, 11) is 1.77. The Balaban J connectivity index is 1.87. The normalized spacial score (nSPS) is 14.6. The first kappa shape index (κ1) is 16.7. The number of anilines is 2. The van der Waals surface area contributed by atoms with Crippen LogP contribution in [-0.2, 0) is 4.74 Å². The number of carbonyl (C=O) groups is 1. The first-order valence-electron chi connectivity index (χ1n) is 8.39. The van der Waals surface area contributed by atoms with Gasteiger partial charge in [-0.25, -0.2) is 9.97 Å². The van der Waals surface area contributed by atoms with Gasteiger partial charge >= 0.3 is 0 Å². The molecule has 2 aromatic heterocycles. The van der Waals surface area contributed by atoms with Crippen LogP contribution in [0.5, 0.6) is 0 Å². The summed E-state index contributed by atoms with van der Waals surface area (Å²) in [4.78, 5) is 25.0. The number of ether oxygens (including phenoxy) is 1. The maximum atomic E-state index is 12.9. The molecule has 1 amide bonds. The van der Waals surface area contributed by atoms with E-state index in [4.69, 9.17) is 10.5 Å². The zero-order valence-corrected chi connectivity index (χ0v) is 15.2. The summed E-state index contributed by atoms with van der Waals surface area (Å²) in [6.07, 6.45) is 0. The summed E-state index contributed by atoms with van der Waals surface area (Å²) in [5.41, 5.74) is 8.52. The summed E-state index contributed by atoms with van der Waals surface area (Å²) in [5, 5.41) is 3.72. The molecule has 8 heteroatoms. The molecule has 0 spiro atoms. The molecule has 1 aliphatic rings. The van der Waals surface area contributed by atoms with Crippen LogP contribution in [0.25, 0.3) is 21.5 Å². The average Bonchev–Trinajstić information content (AvgIpc) is 3.04. The summed E-state index contributed by atoms with van der Waals surface area (Å²) in [6.45, 7) is 2.25. The third-order valence-corrected chi connectivity index (χ3v) is 5.44. The predicted molar refractivity (Wildman–Crippen MR) is 104 cm³/mol. The fourth-order valence-corrected chi connectivity index (χ4v) is 4.07. The number of hydrogen-bond donors (Lipinski definition) is 2. The Hall–Kier alpha value is -2.71. The van der Waals surface area contributed by atoms with Gasteiger partial charge < -0.3 is 20.7 Å². The quantitative estimate of drug-likeness (QED) is 0.737. The van der Waals surface area contributed by atoms with Gasteiger partial charge in [0.05, 0.1) is 30.0 Å². The van der Waals surface area contributed by atoms with Crippen LogP contribution in [0.3, 0.4) is 0 Å². The molecule has 4 rings (SSSR count). The van der Waals surface area contributed by atoms with Gasteiger partial charge in [0.25, 0.3) is 5.91 Å². The van der Waals surface area contributed by atoms with Gasteiger partial charge in [0, 0.05) is 25.7 Å². The zero-order chi connectivity index (χ0) is 18.1. The number of hydrogen-bond acceptors (Lipinski definition) is 7. The van der Waals surface area contributed by atoms with Crippen molar-refractivity contribution in [3.8, 4) is 11.3 Å². The van der Waals surface area contributed by atoms with E-state index >= 15 is 0 Å². The molecule has 7 nitrogen and oxygen atoms in total. The molecule has 0 aliphatic carbocycles. The predicted octanol–water partition coefficient (Wildman–Crippen LogP) is 2.45. The highest BCUT2D eigenvalue weighted by atomic mass is 32.1. The Labute approximate surface area is 154 Å². The Morgan fingerprint density at radius 3 is 2.65 bits per heavy atom. The van der Waals surface area contributed by atoms with Gasteiger partial charge in [-0.2, -0.15) is 0 Å². The molecule has 3 N–H and O–H groups in total. The Kier molecular flexibility index (Phi) is 4.44. The van der Waals surface area contributed by atoms with E-state index in [9.17, 15) is 4.79 Å². The molecular formula is C18H19N5O2S. The topological polar surface area (TPSA) is 93.4 Å². The van der Waals surface area contributed by atoms with Gasteiger partial charge in [-0.15, -0.1) is 11.3 Å². The summed E-state index contributed by atoms with van der Waals surface area (Å²) >= 11 is 1.32. The number of nitrogens with one attached hydrogen (secondary N) is 1. The molecule has 0 unspecified atom stereocenters. The molecule has 26 heavy (non-hydrogen) atoms. The largest absolute Gasteiger partial charge is 0.397 e. The maximum Gasteiger partial charge on any atom is 0.266 e. The van der Waals surface area contributed by atoms with E-state index in [1.807, 2.05) is 30.3 Å². The second-order valence-corrected chi connectivity index (χ2v) is 6.94. The monoisotopic (exact) mass is 369 g/mol. The van der Waals surface area contributed by atoms with Crippen LogP contribution in [0.4, 0.5) is 11.6 Å². The highest BCUT2D eigenvalue weighted by molar-refractivity contribution is 7.21. The van der Waals surface area contributed by atoms with Crippen LogP contribution in [0.15, 0.2) is 30.3 Å². The van der Waals surface area contributed by atoms with Crippen LogP contribution in [-0.4, -0.2) is 54.1 Å². The van der Waals surface area contributed by atoms with Crippen LogP contribution < -0.4 is 11.1 Å². The van der Waals surface area contributed by atoms with Gasteiger partial charge in [0.2, 0.25) is 5.95 Å². The van der Waals surface area contributed by atoms with Crippen molar-refractivity contribution in [3.63, 3.8) is 0 Å². The maximum absolute atomic E-state index is 12.9. The second kappa shape index (κ2) is 6.89. The van der Waals surface area contributed by atoms with E-state index in [1.54, 1.807) is 11.9 Å². The fourth-order valence-electron chi connectivity index (χ4n) is 3.01. The van der Waals surface area contributed by atoms with Gasteiger partial charge in [-0.05, 0) is 0 Å². The number of nitrogens with two attached hydrogens (primary N) is 1. The molecule has 3 heterocycles. The Bertz CT molecular complexity index is 951. The van der Waals surface area contributed by atoms with Crippen LogP contribution in [0.1, 0.15) is 9.67 Å². The van der Waals surface area contributed by atoms with Crippen molar-refractivity contribution in [2.75, 3.05) is 44.4 Å². The van der Waals surface area contributed by atoms with Crippen molar-refractivity contribution in [1.29, 1.82) is 0 Å². The molecule has 0 bridgehead atoms. The lowest BCUT2D eigenvalue weighted by Crippen LogP contribution is -2.40. The SMILES string of the molecule is CNc1nc(-c2ccccc2)c2c(N)c(C(=O)N3CCOCC3)sc2n1. The number of rotatable bonds is 3. The number of nitrogens with zero attached hydrogens (tertiary/aromatic N) is 3. The van der Waals surface area contributed by atoms with Crippen molar-refractivity contribution in [1.82, 2.24) is 14.9 Å². The van der Waals surface area contributed by atoms with Crippen LogP contribution in [0, 0.1) is 0 Å². The Morgan fingerprint density at radius 2 is 1.96 bits per heavy atom. The number of nitrogen functional groups attached to an aromatic ring is 1. The second-order valence-electron chi connectivity index (χ2n) is 5.94. The van der Waals surface area contributed by atoms with E-state index in [-0.39, 0.29) is 5.91 Å². The molecule has 1 aliphatic heterocycles. The van der Waals surface area contributed by atoms with Gasteiger partial charge in [-0.1, -0.05) is 30.3 Å². The number of benzene rings is 1. The van der Waals surface area contributed by atoms with Crippen molar-refractivity contribution in [2.45, 2.75) is 0 Å². The number of carbonyl (C=O) groups excluding carboxylic acids is 1. The first-order chi connectivity index (χ1) is 12.7. The molecule has 134 valence electrons. The molecule has 0 saturated carbocycles. The van der Waals surface area contributed by atoms with E-state index in [2.05, 4.69) is 15.3 Å². The lowest BCUT2D eigenvalue weighted by molar-refractivity contribution is 0.0307. The summed E-state index contributed by atoms with van der Waals surface area (Å²) in [5.74, 6) is 0.432. The van der Waals surface area contributed by atoms with E-state index in [1.165, 1.54) is 11.3 Å². The number of morpholine rings is 1. The van der Waals surface area contributed by atoms with E-state index in [0.29, 0.717) is 47.6 Å². The van der Waals surface area contributed by atoms with Crippen molar-refractivity contribution < 1.29 is 9.53 Å². The standard InChI is InChI=1S/C18H19N5O2S/c1-20-18-21-14(11-5-3-2-4-6-11)12-13(19)15(26-16(12)22-18)17(24)23-7-9-25-10-8-23/h2-6H,7-10,19H2,1H3,(H,20,21,22). The minimum Gasteiger partial charge on any atom is -0.397 e.